The van der Waals surface area contributed by atoms with E-state index in [1.54, 1.807) is 42.5 Å². The highest BCUT2D eigenvalue weighted by Crippen LogP contribution is 2.30. The molecule has 0 saturated carbocycles. The fraction of sp³-hybridized carbons (Fsp3) is 0.235. The third-order valence-corrected chi connectivity index (χ3v) is 3.11. The highest BCUT2D eigenvalue weighted by atomic mass is 16.5. The summed E-state index contributed by atoms with van der Waals surface area (Å²) >= 11 is 0. The zero-order chi connectivity index (χ0) is 16.0. The Balaban J connectivity index is 2.21. The lowest BCUT2D eigenvalue weighted by Crippen LogP contribution is -2.36. The quantitative estimate of drug-likeness (QED) is 0.797. The van der Waals surface area contributed by atoms with Gasteiger partial charge < -0.3 is 9.47 Å². The first-order valence-corrected chi connectivity index (χ1v) is 6.69. The molecule has 0 heterocycles. The largest absolute Gasteiger partial charge is 0.468 e. The number of carbonyl (C=O) groups is 1. The fourth-order valence-corrected chi connectivity index (χ4v) is 2.15. The molecule has 0 spiro atoms. The summed E-state index contributed by atoms with van der Waals surface area (Å²) in [6, 6.07) is 13.0. The van der Waals surface area contributed by atoms with Gasteiger partial charge in [0, 0.05) is 13.3 Å². The standard InChI is InChI=1S/C17H14N2O3/c1-13(20)21-16(11-18)14-6-5-9-17(10-14,12-19)22-15-7-3-2-4-8-15/h2-9,16H,10H2,1H3/t16-,17?/m0/s1. The number of nitrogens with zero attached hydrogens (tertiary/aromatic N) is 2. The maximum Gasteiger partial charge on any atom is 0.304 e. The van der Waals surface area contributed by atoms with Crippen molar-refractivity contribution in [2.45, 2.75) is 25.0 Å². The van der Waals surface area contributed by atoms with E-state index in [1.165, 1.54) is 6.92 Å². The van der Waals surface area contributed by atoms with Gasteiger partial charge in [0.1, 0.15) is 17.9 Å². The monoisotopic (exact) mass is 294 g/mol. The number of allylic oxidation sites excluding steroid dienone is 2. The van der Waals surface area contributed by atoms with E-state index in [2.05, 4.69) is 6.07 Å². The van der Waals surface area contributed by atoms with Gasteiger partial charge in [0.15, 0.2) is 0 Å². The third-order valence-electron chi connectivity index (χ3n) is 3.11. The molecule has 22 heavy (non-hydrogen) atoms. The van der Waals surface area contributed by atoms with Crippen molar-refractivity contribution in [3.63, 3.8) is 0 Å². The first-order chi connectivity index (χ1) is 10.6. The van der Waals surface area contributed by atoms with Gasteiger partial charge in [0.2, 0.25) is 11.7 Å². The van der Waals surface area contributed by atoms with E-state index >= 15 is 0 Å². The van der Waals surface area contributed by atoms with E-state index < -0.39 is 17.7 Å². The highest BCUT2D eigenvalue weighted by Gasteiger charge is 2.35. The van der Waals surface area contributed by atoms with Crippen LogP contribution in [0.5, 0.6) is 5.75 Å². The number of carbonyl (C=O) groups excluding carboxylic acids is 1. The molecule has 1 unspecified atom stereocenters. The lowest BCUT2D eigenvalue weighted by Gasteiger charge is -2.29. The molecule has 1 aliphatic rings. The molecule has 0 N–H and O–H groups in total. The average Bonchev–Trinajstić information content (AvgIpc) is 2.53. The normalized spacial score (nSPS) is 21.0. The molecule has 0 amide bonds. The molecule has 2 atom stereocenters. The van der Waals surface area contributed by atoms with Crippen LogP contribution in [-0.2, 0) is 9.53 Å². The van der Waals surface area contributed by atoms with Crippen LogP contribution in [0.4, 0.5) is 0 Å². The summed E-state index contributed by atoms with van der Waals surface area (Å²) in [5.41, 5.74) is -0.696. The second-order valence-corrected chi connectivity index (χ2v) is 4.81. The van der Waals surface area contributed by atoms with E-state index in [1.807, 2.05) is 12.1 Å². The van der Waals surface area contributed by atoms with Crippen LogP contribution in [0.3, 0.4) is 0 Å². The van der Waals surface area contributed by atoms with Gasteiger partial charge in [0.25, 0.3) is 0 Å². The summed E-state index contributed by atoms with van der Waals surface area (Å²) in [6.45, 7) is 1.24. The molecular weight excluding hydrogens is 280 g/mol. The van der Waals surface area contributed by atoms with Crippen molar-refractivity contribution in [1.29, 1.82) is 10.5 Å². The van der Waals surface area contributed by atoms with Gasteiger partial charge in [-0.25, -0.2) is 0 Å². The molecular formula is C17H14N2O3. The number of esters is 1. The molecule has 0 radical (unpaired) electrons. The molecule has 1 aliphatic carbocycles. The van der Waals surface area contributed by atoms with Crippen molar-refractivity contribution in [1.82, 2.24) is 0 Å². The Morgan fingerprint density at radius 1 is 1.32 bits per heavy atom. The third kappa shape index (κ3) is 3.53. The first kappa shape index (κ1) is 15.3. The Kier molecular flexibility index (Phi) is 4.60. The molecule has 5 heteroatoms. The van der Waals surface area contributed by atoms with Crippen molar-refractivity contribution < 1.29 is 14.3 Å². The lowest BCUT2D eigenvalue weighted by atomic mass is 9.88. The van der Waals surface area contributed by atoms with Gasteiger partial charge >= 0.3 is 5.97 Å². The van der Waals surface area contributed by atoms with Crippen molar-refractivity contribution in [2.75, 3.05) is 0 Å². The maximum atomic E-state index is 11.1. The van der Waals surface area contributed by atoms with Crippen molar-refractivity contribution in [2.24, 2.45) is 0 Å². The zero-order valence-electron chi connectivity index (χ0n) is 12.0. The van der Waals surface area contributed by atoms with E-state index in [9.17, 15) is 10.1 Å². The number of nitriles is 2. The minimum atomic E-state index is -1.22. The van der Waals surface area contributed by atoms with E-state index in [4.69, 9.17) is 14.7 Å². The molecule has 0 bridgehead atoms. The molecule has 2 rings (SSSR count). The second kappa shape index (κ2) is 6.60. The fourth-order valence-electron chi connectivity index (χ4n) is 2.15. The smallest absolute Gasteiger partial charge is 0.304 e. The highest BCUT2D eigenvalue weighted by molar-refractivity contribution is 5.67. The Morgan fingerprint density at radius 3 is 2.64 bits per heavy atom. The predicted octanol–water partition coefficient (Wildman–Crippen LogP) is 2.67. The average molecular weight is 294 g/mol. The summed E-state index contributed by atoms with van der Waals surface area (Å²) in [4.78, 5) is 11.1. The molecule has 0 aliphatic heterocycles. The number of hydrogen-bond donors (Lipinski definition) is 0. The Labute approximate surface area is 128 Å². The molecule has 5 nitrogen and oxygen atoms in total. The first-order valence-electron chi connectivity index (χ1n) is 6.69. The molecule has 0 aromatic heterocycles. The van der Waals surface area contributed by atoms with E-state index in [0.717, 1.165) is 0 Å². The predicted molar refractivity (Wildman–Crippen MR) is 78.4 cm³/mol. The molecule has 1 aromatic carbocycles. The number of hydrogen-bond acceptors (Lipinski definition) is 5. The molecule has 1 aromatic rings. The molecule has 110 valence electrons. The number of benzene rings is 1. The van der Waals surface area contributed by atoms with Gasteiger partial charge in [-0.1, -0.05) is 30.4 Å². The summed E-state index contributed by atoms with van der Waals surface area (Å²) in [6.07, 6.45) is 4.07. The number of rotatable bonds is 4. The zero-order valence-corrected chi connectivity index (χ0v) is 12.0. The number of ether oxygens (including phenoxy) is 2. The summed E-state index contributed by atoms with van der Waals surface area (Å²) < 4.78 is 10.7. The van der Waals surface area contributed by atoms with Crippen LogP contribution in [0.2, 0.25) is 0 Å². The van der Waals surface area contributed by atoms with Crippen molar-refractivity contribution in [3.05, 3.63) is 54.1 Å². The van der Waals surface area contributed by atoms with E-state index in [0.29, 0.717) is 11.3 Å². The minimum Gasteiger partial charge on any atom is -0.468 e. The van der Waals surface area contributed by atoms with Crippen molar-refractivity contribution >= 4 is 5.97 Å². The Hall–Kier alpha value is -3.05. The summed E-state index contributed by atoms with van der Waals surface area (Å²) in [5, 5.41) is 18.7. The SMILES string of the molecule is CC(=O)O[C@@H](C#N)C1=CC=CC(C#N)(Oc2ccccc2)C1. The van der Waals surface area contributed by atoms with Crippen LogP contribution in [0.15, 0.2) is 54.1 Å². The van der Waals surface area contributed by atoms with E-state index in [-0.39, 0.29) is 6.42 Å². The Morgan fingerprint density at radius 2 is 2.05 bits per heavy atom. The van der Waals surface area contributed by atoms with Crippen LogP contribution in [0.1, 0.15) is 13.3 Å². The van der Waals surface area contributed by atoms with Crippen LogP contribution >= 0.6 is 0 Å². The van der Waals surface area contributed by atoms with Crippen LogP contribution in [0, 0.1) is 22.7 Å². The minimum absolute atomic E-state index is 0.153. The Bertz CT molecular complexity index is 695. The lowest BCUT2D eigenvalue weighted by molar-refractivity contribution is -0.142. The van der Waals surface area contributed by atoms with Gasteiger partial charge in [-0.15, -0.1) is 0 Å². The second-order valence-electron chi connectivity index (χ2n) is 4.81. The van der Waals surface area contributed by atoms with Crippen molar-refractivity contribution in [3.8, 4) is 17.9 Å². The van der Waals surface area contributed by atoms with Gasteiger partial charge in [0.05, 0.1) is 0 Å². The van der Waals surface area contributed by atoms with Crippen LogP contribution < -0.4 is 4.74 Å². The number of para-hydroxylation sites is 1. The van der Waals surface area contributed by atoms with Gasteiger partial charge in [-0.3, -0.25) is 4.79 Å². The van der Waals surface area contributed by atoms with Gasteiger partial charge in [-0.2, -0.15) is 10.5 Å². The topological polar surface area (TPSA) is 83.1 Å². The molecule has 0 saturated heterocycles. The molecule has 0 fully saturated rings. The van der Waals surface area contributed by atoms with Crippen LogP contribution in [-0.4, -0.2) is 17.7 Å². The van der Waals surface area contributed by atoms with Gasteiger partial charge in [-0.05, 0) is 23.8 Å². The maximum absolute atomic E-state index is 11.1. The van der Waals surface area contributed by atoms with Crippen LogP contribution in [0.25, 0.3) is 0 Å². The summed E-state index contributed by atoms with van der Waals surface area (Å²) in [5.74, 6) is 0.00415. The summed E-state index contributed by atoms with van der Waals surface area (Å²) in [7, 11) is 0.